The van der Waals surface area contributed by atoms with Crippen LogP contribution in [0.5, 0.6) is 11.5 Å². The van der Waals surface area contributed by atoms with Crippen LogP contribution in [0.2, 0.25) is 0 Å². The molecule has 0 spiro atoms. The van der Waals surface area contributed by atoms with Gasteiger partial charge in [0.15, 0.2) is 17.5 Å². The maximum atomic E-state index is 6.78. The first-order chi connectivity index (χ1) is 36.2. The summed E-state index contributed by atoms with van der Waals surface area (Å²) >= 11 is 0. The summed E-state index contributed by atoms with van der Waals surface area (Å²) in [5, 5.41) is 16.7. The smallest absolute Gasteiger partial charge is 0.515 e. The number of rotatable bonds is 12. The van der Waals surface area contributed by atoms with Crippen molar-refractivity contribution in [3.05, 3.63) is 243 Å². The van der Waals surface area contributed by atoms with Crippen molar-refractivity contribution in [2.24, 2.45) is 0 Å². The molecule has 0 saturated heterocycles. The fourth-order valence-electron chi connectivity index (χ4n) is 8.45. The van der Waals surface area contributed by atoms with Crippen LogP contribution in [0.1, 0.15) is 0 Å². The zero-order chi connectivity index (χ0) is 48.8. The van der Waals surface area contributed by atoms with Gasteiger partial charge in [0.2, 0.25) is 0 Å². The summed E-state index contributed by atoms with van der Waals surface area (Å²) < 4.78 is 6.78. The van der Waals surface area contributed by atoms with Crippen molar-refractivity contribution in [1.82, 2.24) is 50.3 Å². The van der Waals surface area contributed by atoms with Crippen LogP contribution in [0, 0.1) is 30.3 Å². The first-order valence-electron chi connectivity index (χ1n) is 23.2. The number of hydrogen-bond donors (Lipinski definition) is 0. The molecule has 0 aliphatic carbocycles. The molecule has 7 aromatic carbocycles. The molecule has 12 aromatic rings. The molecule has 5 heterocycles. The third-order valence-electron chi connectivity index (χ3n) is 11.9. The van der Waals surface area contributed by atoms with E-state index in [4.69, 9.17) is 19.7 Å². The van der Waals surface area contributed by atoms with Crippen LogP contribution in [-0.2, 0) is 41.2 Å². The van der Waals surface area contributed by atoms with E-state index in [0.29, 0.717) is 51.5 Å². The van der Waals surface area contributed by atoms with Crippen molar-refractivity contribution < 1.29 is 45.9 Å². The summed E-state index contributed by atoms with van der Waals surface area (Å²) in [6, 6.07) is 75.9. The molecular formula is C62H35IrN10OPt. The number of pyridine rings is 1. The summed E-state index contributed by atoms with van der Waals surface area (Å²) in [5.74, 6) is 2.68. The minimum absolute atomic E-state index is 0. The van der Waals surface area contributed by atoms with Crippen molar-refractivity contribution >= 4 is 0 Å². The van der Waals surface area contributed by atoms with Gasteiger partial charge in [-0.3, -0.25) is 6.07 Å². The summed E-state index contributed by atoms with van der Waals surface area (Å²) in [7, 11) is 0. The maximum absolute atomic E-state index is 6.78. The predicted octanol–water partition coefficient (Wildman–Crippen LogP) is 13.1. The van der Waals surface area contributed by atoms with E-state index in [2.05, 4.69) is 89.9 Å². The Labute approximate surface area is 460 Å². The normalized spacial score (nSPS) is 10.7. The zero-order valence-electron chi connectivity index (χ0n) is 39.2. The van der Waals surface area contributed by atoms with Gasteiger partial charge < -0.3 is 19.7 Å². The number of benzene rings is 7. The van der Waals surface area contributed by atoms with Crippen molar-refractivity contribution in [3.63, 3.8) is 0 Å². The summed E-state index contributed by atoms with van der Waals surface area (Å²) in [4.78, 5) is 29.6. The van der Waals surface area contributed by atoms with Gasteiger partial charge in [0, 0.05) is 64.8 Å². The van der Waals surface area contributed by atoms with Crippen LogP contribution in [0.25, 0.3) is 113 Å². The van der Waals surface area contributed by atoms with Gasteiger partial charge in [-0.15, -0.1) is 89.0 Å². The van der Waals surface area contributed by atoms with Crippen molar-refractivity contribution in [3.8, 4) is 124 Å². The molecule has 358 valence electrons. The van der Waals surface area contributed by atoms with Crippen molar-refractivity contribution in [2.75, 3.05) is 0 Å². The minimum atomic E-state index is 0. The predicted molar refractivity (Wildman–Crippen MR) is 279 cm³/mol. The van der Waals surface area contributed by atoms with Crippen LogP contribution in [-0.4, -0.2) is 50.3 Å². The van der Waals surface area contributed by atoms with Gasteiger partial charge in [0.05, 0.1) is 0 Å². The van der Waals surface area contributed by atoms with E-state index >= 15 is 0 Å². The number of hydrogen-bond acceptors (Lipinski definition) is 11. The number of ether oxygens (including phenoxy) is 1. The minimum Gasteiger partial charge on any atom is -0.515 e. The Morgan fingerprint density at radius 1 is 0.347 bits per heavy atom. The summed E-state index contributed by atoms with van der Waals surface area (Å²) in [5.41, 5.74) is 12.6. The quantitative estimate of drug-likeness (QED) is 0.108. The molecule has 11 nitrogen and oxygen atoms in total. The van der Waals surface area contributed by atoms with Gasteiger partial charge in [-0.2, -0.15) is 10.2 Å². The standard InChI is InChI=1S/C62H35N10O.Ir.Pt/c1-4-18-52(48(15-1)41-24-28-43(29-25-41)56-22-10-37-66-71-56)60-68-61(53-19-5-2-16-49(53)42-26-30-44(31-27-42)57-23-11-38-67-72-57)70-62(69-60)54-20-6-3-17-50(54)51-33-32-46(59-64-35-12-36-65-59)40-58(51)73-47-14-9-13-45(39-47)55-21-7-8-34-63-55;;/h1-28,30,33-38H;;/q-5;+3;+2. The van der Waals surface area contributed by atoms with Crippen LogP contribution >= 0.6 is 0 Å². The molecule has 0 bridgehead atoms. The third kappa shape index (κ3) is 10.8. The van der Waals surface area contributed by atoms with Gasteiger partial charge in [-0.1, -0.05) is 120 Å². The third-order valence-corrected chi connectivity index (χ3v) is 11.9. The Morgan fingerprint density at radius 2 is 0.867 bits per heavy atom. The molecule has 0 aliphatic rings. The van der Waals surface area contributed by atoms with E-state index in [-0.39, 0.29) is 41.2 Å². The molecule has 0 radical (unpaired) electrons. The Morgan fingerprint density at radius 3 is 1.39 bits per heavy atom. The van der Waals surface area contributed by atoms with Crippen molar-refractivity contribution in [2.45, 2.75) is 0 Å². The zero-order valence-corrected chi connectivity index (χ0v) is 43.9. The van der Waals surface area contributed by atoms with E-state index in [0.717, 1.165) is 72.7 Å². The van der Waals surface area contributed by atoms with Gasteiger partial charge >= 0.3 is 41.2 Å². The van der Waals surface area contributed by atoms with Crippen LogP contribution in [0.3, 0.4) is 0 Å². The van der Waals surface area contributed by atoms with E-state index in [9.17, 15) is 0 Å². The van der Waals surface area contributed by atoms with Crippen LogP contribution in [0.4, 0.5) is 0 Å². The second kappa shape index (κ2) is 22.9. The average Bonchev–Trinajstić information content (AvgIpc) is 3.48. The number of aromatic nitrogens is 10. The maximum Gasteiger partial charge on any atom is 3.00 e. The molecule has 0 atom stereocenters. The Bertz CT molecular complexity index is 3730. The van der Waals surface area contributed by atoms with E-state index < -0.39 is 0 Å². The van der Waals surface area contributed by atoms with Crippen LogP contribution in [0.15, 0.2) is 213 Å². The van der Waals surface area contributed by atoms with E-state index in [1.165, 1.54) is 0 Å². The van der Waals surface area contributed by atoms with E-state index in [1.807, 2.05) is 152 Å². The second-order valence-corrected chi connectivity index (χ2v) is 16.5. The molecule has 0 amide bonds. The molecule has 12 rings (SSSR count). The molecule has 75 heavy (non-hydrogen) atoms. The SMILES string of the molecule is [Ir+3].[Pt+2].[c-]1cc(-c2ccccc2-c2nc(-c3ccccc3-c3c[c-]c(-c4cccnn4)cc3)nc(-c3ccccc3-c3c[c-]c(-c4cccnn4)cc3)n2)c(Oc2[c-]c(-c3ccccn3)ccc2)[c-]c1-c1ncccn1. The topological polar surface area (TPSA) is 138 Å². The Hall–Kier alpha value is -8.92. The second-order valence-electron chi connectivity index (χ2n) is 16.5. The summed E-state index contributed by atoms with van der Waals surface area (Å²) in [6.45, 7) is 0. The molecule has 13 heteroatoms. The fourth-order valence-corrected chi connectivity index (χ4v) is 8.45. The van der Waals surface area contributed by atoms with Gasteiger partial charge in [-0.25, -0.2) is 42.8 Å². The van der Waals surface area contributed by atoms with Gasteiger partial charge in [0.25, 0.3) is 0 Å². The van der Waals surface area contributed by atoms with Crippen LogP contribution < -0.4 is 4.74 Å². The summed E-state index contributed by atoms with van der Waals surface area (Å²) in [6.07, 6.45) is 8.43. The van der Waals surface area contributed by atoms with E-state index in [1.54, 1.807) is 37.1 Å². The average molecular weight is 1320 g/mol. The molecule has 0 saturated carbocycles. The first-order valence-corrected chi connectivity index (χ1v) is 23.2. The molecule has 5 aromatic heterocycles. The van der Waals surface area contributed by atoms with Crippen molar-refractivity contribution in [1.29, 1.82) is 0 Å². The Kier molecular flexibility index (Phi) is 15.1. The molecule has 0 N–H and O–H groups in total. The fraction of sp³-hybridized carbons (Fsp3) is 0. The monoisotopic (exact) mass is 1320 g/mol. The molecule has 0 fully saturated rings. The first kappa shape index (κ1) is 49.6. The number of nitrogens with zero attached hydrogens (tertiary/aromatic N) is 10. The van der Waals surface area contributed by atoms with Gasteiger partial charge in [0.1, 0.15) is 0 Å². The Balaban J connectivity index is 0.00000321. The molecular weight excluding hydrogens is 1290 g/mol. The van der Waals surface area contributed by atoms with Gasteiger partial charge in [-0.05, 0) is 52.7 Å². The molecule has 0 aliphatic heterocycles. The largest absolute Gasteiger partial charge is 3.00 e. The molecule has 0 unspecified atom stereocenters.